The van der Waals surface area contributed by atoms with Gasteiger partial charge in [0.2, 0.25) is 5.91 Å². The van der Waals surface area contributed by atoms with E-state index in [9.17, 15) is 4.79 Å². The molecule has 1 fully saturated rings. The van der Waals surface area contributed by atoms with Gasteiger partial charge in [-0.05, 0) is 44.5 Å². The zero-order valence-electron chi connectivity index (χ0n) is 17.1. The normalized spacial score (nSPS) is 15.5. The molecule has 1 aliphatic heterocycles. The van der Waals surface area contributed by atoms with Crippen molar-refractivity contribution in [2.24, 2.45) is 7.05 Å². The van der Waals surface area contributed by atoms with Gasteiger partial charge in [-0.15, -0.1) is 0 Å². The number of anilines is 1. The van der Waals surface area contributed by atoms with Crippen LogP contribution in [-0.4, -0.2) is 50.4 Å². The molecule has 152 valence electrons. The summed E-state index contributed by atoms with van der Waals surface area (Å²) >= 11 is 0. The van der Waals surface area contributed by atoms with Crippen molar-refractivity contribution in [3.63, 3.8) is 0 Å². The lowest BCUT2D eigenvalue weighted by molar-refractivity contribution is -0.117. The Bertz CT molecular complexity index is 953. The second-order valence-electron chi connectivity index (χ2n) is 7.85. The Kier molecular flexibility index (Phi) is 5.76. The number of hydrogen-bond acceptors (Lipinski definition) is 4. The summed E-state index contributed by atoms with van der Waals surface area (Å²) in [7, 11) is 1.87. The molecule has 7 nitrogen and oxygen atoms in total. The van der Waals surface area contributed by atoms with Gasteiger partial charge < -0.3 is 5.32 Å². The van der Waals surface area contributed by atoms with Gasteiger partial charge in [-0.3, -0.25) is 19.5 Å². The fourth-order valence-electron chi connectivity index (χ4n) is 3.90. The molecule has 0 aliphatic carbocycles. The summed E-state index contributed by atoms with van der Waals surface area (Å²) in [4.78, 5) is 14.6. The number of aryl methyl sites for hydroxylation is 1. The predicted octanol–water partition coefficient (Wildman–Crippen LogP) is 2.86. The molecule has 0 atom stereocenters. The molecule has 4 rings (SSSR count). The standard InChI is InChI=1S/C22H28N6O/c1-16-21(14-23-27(16)2)24-22(29)15-28-10-8-18(9-11-28)20-13-19(25-26-20)12-17-6-4-3-5-7-17/h3-7,13-14,18H,8-12,15H2,1-2H3,(H,24,29)(H,25,26). The minimum Gasteiger partial charge on any atom is -0.322 e. The molecule has 0 unspecified atom stereocenters. The summed E-state index contributed by atoms with van der Waals surface area (Å²) < 4.78 is 1.76. The van der Waals surface area contributed by atoms with Crippen molar-refractivity contribution in [3.8, 4) is 0 Å². The molecule has 1 amide bonds. The number of nitrogens with one attached hydrogen (secondary N) is 2. The topological polar surface area (TPSA) is 78.8 Å². The van der Waals surface area contributed by atoms with Crippen molar-refractivity contribution in [3.05, 3.63) is 65.2 Å². The maximum atomic E-state index is 12.4. The molecular weight excluding hydrogens is 364 g/mol. The number of nitrogens with zero attached hydrogens (tertiary/aromatic N) is 4. The zero-order valence-corrected chi connectivity index (χ0v) is 17.1. The van der Waals surface area contributed by atoms with E-state index in [1.807, 2.05) is 20.0 Å². The lowest BCUT2D eigenvalue weighted by Gasteiger charge is -2.30. The number of likely N-dealkylation sites (tertiary alicyclic amines) is 1. The first-order valence-electron chi connectivity index (χ1n) is 10.2. The van der Waals surface area contributed by atoms with Crippen LogP contribution in [0.25, 0.3) is 0 Å². The molecule has 7 heteroatoms. The first kappa shape index (κ1) is 19.4. The van der Waals surface area contributed by atoms with Crippen molar-refractivity contribution >= 4 is 11.6 Å². The number of rotatable bonds is 6. The first-order valence-corrected chi connectivity index (χ1v) is 10.2. The number of hydrogen-bond donors (Lipinski definition) is 2. The van der Waals surface area contributed by atoms with Crippen LogP contribution in [0.15, 0.2) is 42.6 Å². The summed E-state index contributed by atoms with van der Waals surface area (Å²) in [6.07, 6.45) is 4.62. The van der Waals surface area contributed by atoms with E-state index in [4.69, 9.17) is 0 Å². The third-order valence-electron chi connectivity index (χ3n) is 5.77. The SMILES string of the molecule is Cc1c(NC(=O)CN2CCC(c3cc(Cc4ccccc4)[nH]n3)CC2)cnn1C. The van der Waals surface area contributed by atoms with E-state index in [-0.39, 0.29) is 5.91 Å². The monoisotopic (exact) mass is 392 g/mol. The zero-order chi connectivity index (χ0) is 20.2. The summed E-state index contributed by atoms with van der Waals surface area (Å²) in [5, 5.41) is 14.9. The highest BCUT2D eigenvalue weighted by Gasteiger charge is 2.24. The number of aromatic amines is 1. The van der Waals surface area contributed by atoms with Gasteiger partial charge in [0.05, 0.1) is 29.8 Å². The van der Waals surface area contributed by atoms with Crippen LogP contribution < -0.4 is 5.32 Å². The first-order chi connectivity index (χ1) is 14.1. The van der Waals surface area contributed by atoms with E-state index in [1.54, 1.807) is 10.9 Å². The molecule has 29 heavy (non-hydrogen) atoms. The fourth-order valence-corrected chi connectivity index (χ4v) is 3.90. The summed E-state index contributed by atoms with van der Waals surface area (Å²) in [5.74, 6) is 0.472. The number of H-pyrrole nitrogens is 1. The Morgan fingerprint density at radius 2 is 2.00 bits per heavy atom. The molecule has 2 N–H and O–H groups in total. The molecule has 1 aromatic carbocycles. The van der Waals surface area contributed by atoms with E-state index in [1.165, 1.54) is 5.56 Å². The van der Waals surface area contributed by atoms with Crippen LogP contribution in [0.2, 0.25) is 0 Å². The van der Waals surface area contributed by atoms with Gasteiger partial charge in [-0.2, -0.15) is 10.2 Å². The summed E-state index contributed by atoms with van der Waals surface area (Å²) in [5.41, 5.74) is 5.33. The van der Waals surface area contributed by atoms with Gasteiger partial charge in [-0.1, -0.05) is 30.3 Å². The minimum absolute atomic E-state index is 0.0180. The second-order valence-corrected chi connectivity index (χ2v) is 7.85. The van der Waals surface area contributed by atoms with Gasteiger partial charge >= 0.3 is 0 Å². The largest absolute Gasteiger partial charge is 0.322 e. The van der Waals surface area contributed by atoms with Crippen LogP contribution in [0.4, 0.5) is 5.69 Å². The van der Waals surface area contributed by atoms with Gasteiger partial charge in [0.1, 0.15) is 0 Å². The lowest BCUT2D eigenvalue weighted by Crippen LogP contribution is -2.38. The predicted molar refractivity (Wildman–Crippen MR) is 113 cm³/mol. The van der Waals surface area contributed by atoms with Crippen LogP contribution in [0, 0.1) is 6.92 Å². The van der Waals surface area contributed by atoms with Crippen LogP contribution in [0.1, 0.15) is 41.4 Å². The molecular formula is C22H28N6O. The van der Waals surface area contributed by atoms with E-state index in [2.05, 4.69) is 55.8 Å². The number of piperidine rings is 1. The molecule has 1 aliphatic rings. The van der Waals surface area contributed by atoms with E-state index < -0.39 is 0 Å². The number of amides is 1. The number of carbonyl (C=O) groups is 1. The Morgan fingerprint density at radius 3 is 2.69 bits per heavy atom. The van der Waals surface area contributed by atoms with Crippen LogP contribution in [-0.2, 0) is 18.3 Å². The fraction of sp³-hybridized carbons (Fsp3) is 0.409. The molecule has 0 bridgehead atoms. The highest BCUT2D eigenvalue weighted by Crippen LogP contribution is 2.27. The van der Waals surface area contributed by atoms with Crippen molar-refractivity contribution in [2.75, 3.05) is 25.0 Å². The van der Waals surface area contributed by atoms with Crippen molar-refractivity contribution in [1.29, 1.82) is 0 Å². The maximum absolute atomic E-state index is 12.4. The lowest BCUT2D eigenvalue weighted by atomic mass is 9.93. The molecule has 3 heterocycles. The highest BCUT2D eigenvalue weighted by molar-refractivity contribution is 5.92. The Balaban J connectivity index is 1.26. The summed E-state index contributed by atoms with van der Waals surface area (Å²) in [6.45, 7) is 4.18. The van der Waals surface area contributed by atoms with E-state index >= 15 is 0 Å². The second kappa shape index (κ2) is 8.61. The average Bonchev–Trinajstić information content (AvgIpc) is 3.31. The third kappa shape index (κ3) is 4.74. The Morgan fingerprint density at radius 1 is 1.24 bits per heavy atom. The smallest absolute Gasteiger partial charge is 0.238 e. The van der Waals surface area contributed by atoms with Crippen LogP contribution >= 0.6 is 0 Å². The molecule has 0 spiro atoms. The third-order valence-corrected chi connectivity index (χ3v) is 5.77. The number of carbonyl (C=O) groups excluding carboxylic acids is 1. The maximum Gasteiger partial charge on any atom is 0.238 e. The molecule has 2 aromatic heterocycles. The average molecular weight is 393 g/mol. The highest BCUT2D eigenvalue weighted by atomic mass is 16.2. The van der Waals surface area contributed by atoms with Gasteiger partial charge in [0, 0.05) is 25.1 Å². The Labute approximate surface area is 171 Å². The van der Waals surface area contributed by atoms with Gasteiger partial charge in [-0.25, -0.2) is 0 Å². The number of aromatic nitrogens is 4. The van der Waals surface area contributed by atoms with Crippen molar-refractivity contribution in [2.45, 2.75) is 32.1 Å². The van der Waals surface area contributed by atoms with Crippen LogP contribution in [0.3, 0.4) is 0 Å². The minimum atomic E-state index is 0.0180. The Hall–Kier alpha value is -2.93. The molecule has 0 radical (unpaired) electrons. The molecule has 1 saturated heterocycles. The van der Waals surface area contributed by atoms with Crippen LogP contribution in [0.5, 0.6) is 0 Å². The number of benzene rings is 1. The summed E-state index contributed by atoms with van der Waals surface area (Å²) in [6, 6.07) is 12.6. The van der Waals surface area contributed by atoms with Crippen molar-refractivity contribution in [1.82, 2.24) is 24.9 Å². The van der Waals surface area contributed by atoms with E-state index in [0.717, 1.165) is 55.1 Å². The van der Waals surface area contributed by atoms with Gasteiger partial charge in [0.15, 0.2) is 0 Å². The van der Waals surface area contributed by atoms with E-state index in [0.29, 0.717) is 12.5 Å². The van der Waals surface area contributed by atoms with Gasteiger partial charge in [0.25, 0.3) is 0 Å². The molecule has 0 saturated carbocycles. The molecule has 3 aromatic rings. The van der Waals surface area contributed by atoms with Crippen molar-refractivity contribution < 1.29 is 4.79 Å². The quantitative estimate of drug-likeness (QED) is 0.676.